The van der Waals surface area contributed by atoms with Gasteiger partial charge >= 0.3 is 11.9 Å². The average Bonchev–Trinajstić information content (AvgIpc) is 3.02. The van der Waals surface area contributed by atoms with Crippen LogP contribution in [0.5, 0.6) is 0 Å². The zero-order chi connectivity index (χ0) is 22.5. The highest BCUT2D eigenvalue weighted by Crippen LogP contribution is 2.55. The molecule has 2 atom stereocenters. The van der Waals surface area contributed by atoms with E-state index in [2.05, 4.69) is 4.99 Å². The standard InChI is InChI=1S/C23H27N3O5/c1-13(2)12-26-16(27)10-11-23-14-8-6-7-9-15(14)25(3)19(23)17(20(28)30-4)18(21(29)31-5)24-22(23)26/h6-9,13,19H,10-12H2,1-5H3/t19-,23-/m0/s1. The van der Waals surface area contributed by atoms with Gasteiger partial charge in [0.15, 0.2) is 5.70 Å². The molecular formula is C23H27N3O5. The highest BCUT2D eigenvalue weighted by molar-refractivity contribution is 6.15. The molecule has 164 valence electrons. The maximum absolute atomic E-state index is 13.0. The predicted octanol–water partition coefficient (Wildman–Crippen LogP) is 2.03. The molecule has 1 saturated heterocycles. The number of likely N-dealkylation sites (N-methyl/N-ethyl adjacent to an activating group) is 1. The molecule has 31 heavy (non-hydrogen) atoms. The van der Waals surface area contributed by atoms with Gasteiger partial charge in [-0.25, -0.2) is 14.6 Å². The molecular weight excluding hydrogens is 398 g/mol. The number of ether oxygens (including phenoxy) is 2. The van der Waals surface area contributed by atoms with Crippen LogP contribution in [-0.2, 0) is 29.3 Å². The van der Waals surface area contributed by atoms with Crippen LogP contribution in [0.1, 0.15) is 32.3 Å². The highest BCUT2D eigenvalue weighted by Gasteiger charge is 2.62. The molecule has 1 aromatic rings. The third-order valence-corrected chi connectivity index (χ3v) is 6.39. The molecule has 8 heteroatoms. The molecule has 0 saturated carbocycles. The number of fused-ring (bicyclic) bond motifs is 1. The maximum Gasteiger partial charge on any atom is 0.357 e. The Bertz CT molecular complexity index is 1030. The van der Waals surface area contributed by atoms with E-state index in [0.29, 0.717) is 25.2 Å². The van der Waals surface area contributed by atoms with E-state index in [9.17, 15) is 14.4 Å². The van der Waals surface area contributed by atoms with Gasteiger partial charge in [0.05, 0.1) is 31.2 Å². The number of para-hydroxylation sites is 1. The van der Waals surface area contributed by atoms with Crippen LogP contribution in [0.15, 0.2) is 40.5 Å². The van der Waals surface area contributed by atoms with Crippen molar-refractivity contribution in [2.75, 3.05) is 32.7 Å². The lowest BCUT2D eigenvalue weighted by atomic mass is 9.65. The number of benzene rings is 1. The fourth-order valence-electron chi connectivity index (χ4n) is 5.22. The Kier molecular flexibility index (Phi) is 5.11. The van der Waals surface area contributed by atoms with Crippen LogP contribution in [0.4, 0.5) is 5.69 Å². The van der Waals surface area contributed by atoms with Crippen LogP contribution in [0.25, 0.3) is 0 Å². The number of esters is 2. The number of piperidine rings is 1. The van der Waals surface area contributed by atoms with Gasteiger partial charge in [0.25, 0.3) is 0 Å². The Morgan fingerprint density at radius 3 is 2.52 bits per heavy atom. The Hall–Kier alpha value is -3.16. The van der Waals surface area contributed by atoms with Crippen molar-refractivity contribution in [1.29, 1.82) is 0 Å². The van der Waals surface area contributed by atoms with Crippen molar-refractivity contribution in [2.45, 2.75) is 38.1 Å². The number of amidine groups is 1. The quantitative estimate of drug-likeness (QED) is 0.686. The molecule has 0 aliphatic carbocycles. The summed E-state index contributed by atoms with van der Waals surface area (Å²) in [4.78, 5) is 47.0. The fourth-order valence-corrected chi connectivity index (χ4v) is 5.22. The average molecular weight is 425 g/mol. The molecule has 0 bridgehead atoms. The van der Waals surface area contributed by atoms with Gasteiger partial charge in [-0.1, -0.05) is 32.0 Å². The van der Waals surface area contributed by atoms with E-state index >= 15 is 0 Å². The van der Waals surface area contributed by atoms with E-state index in [1.807, 2.05) is 50.1 Å². The fraction of sp³-hybridized carbons (Fsp3) is 0.478. The zero-order valence-electron chi connectivity index (χ0n) is 18.5. The molecule has 1 fully saturated rings. The molecule has 8 nitrogen and oxygen atoms in total. The number of likely N-dealkylation sites (tertiary alicyclic amines) is 1. The molecule has 3 aliphatic heterocycles. The number of carbonyl (C=O) groups is 3. The Morgan fingerprint density at radius 2 is 1.87 bits per heavy atom. The summed E-state index contributed by atoms with van der Waals surface area (Å²) in [6.07, 6.45) is 0.812. The van der Waals surface area contributed by atoms with Crippen molar-refractivity contribution < 1.29 is 23.9 Å². The first-order chi connectivity index (χ1) is 14.8. The lowest BCUT2D eigenvalue weighted by Crippen LogP contribution is -2.63. The maximum atomic E-state index is 13.0. The lowest BCUT2D eigenvalue weighted by molar-refractivity contribution is -0.140. The van der Waals surface area contributed by atoms with Crippen molar-refractivity contribution in [3.8, 4) is 0 Å². The topological polar surface area (TPSA) is 88.5 Å². The Morgan fingerprint density at radius 1 is 1.19 bits per heavy atom. The number of aliphatic imine (C=N–C) groups is 1. The minimum Gasteiger partial charge on any atom is -0.466 e. The van der Waals surface area contributed by atoms with Crippen molar-refractivity contribution >= 4 is 29.4 Å². The molecule has 1 spiro atoms. The van der Waals surface area contributed by atoms with Crippen LogP contribution < -0.4 is 4.90 Å². The van der Waals surface area contributed by atoms with Gasteiger partial charge in [-0.05, 0) is 24.0 Å². The monoisotopic (exact) mass is 425 g/mol. The molecule has 0 N–H and O–H groups in total. The smallest absolute Gasteiger partial charge is 0.357 e. The summed E-state index contributed by atoms with van der Waals surface area (Å²) in [5, 5.41) is 0. The molecule has 1 aromatic carbocycles. The molecule has 0 unspecified atom stereocenters. The van der Waals surface area contributed by atoms with E-state index in [1.165, 1.54) is 14.2 Å². The molecule has 3 aliphatic rings. The van der Waals surface area contributed by atoms with Crippen LogP contribution >= 0.6 is 0 Å². The van der Waals surface area contributed by atoms with Gasteiger partial charge in [-0.2, -0.15) is 0 Å². The van der Waals surface area contributed by atoms with Crippen LogP contribution in [0, 0.1) is 5.92 Å². The molecule has 0 aromatic heterocycles. The van der Waals surface area contributed by atoms with Crippen LogP contribution in [0.3, 0.4) is 0 Å². The van der Waals surface area contributed by atoms with E-state index in [1.54, 1.807) is 4.90 Å². The Labute approximate surface area is 181 Å². The van der Waals surface area contributed by atoms with E-state index in [-0.39, 0.29) is 23.1 Å². The lowest BCUT2D eigenvalue weighted by Gasteiger charge is -2.48. The van der Waals surface area contributed by atoms with Crippen molar-refractivity contribution in [2.24, 2.45) is 10.9 Å². The molecule has 0 radical (unpaired) electrons. The van der Waals surface area contributed by atoms with E-state index in [4.69, 9.17) is 9.47 Å². The van der Waals surface area contributed by atoms with Gasteiger partial charge in [-0.15, -0.1) is 0 Å². The summed E-state index contributed by atoms with van der Waals surface area (Å²) >= 11 is 0. The largest absolute Gasteiger partial charge is 0.466 e. The first-order valence-corrected chi connectivity index (χ1v) is 10.4. The number of carbonyl (C=O) groups excluding carboxylic acids is 3. The predicted molar refractivity (Wildman–Crippen MR) is 115 cm³/mol. The van der Waals surface area contributed by atoms with Crippen LogP contribution in [-0.4, -0.2) is 62.4 Å². The van der Waals surface area contributed by atoms with Gasteiger partial charge in [0.1, 0.15) is 5.84 Å². The second kappa shape index (κ2) is 7.51. The summed E-state index contributed by atoms with van der Waals surface area (Å²) < 4.78 is 10.0. The summed E-state index contributed by atoms with van der Waals surface area (Å²) in [6, 6.07) is 7.34. The highest BCUT2D eigenvalue weighted by atomic mass is 16.5. The third kappa shape index (κ3) is 2.88. The SMILES string of the molecule is COC(=O)C1=C(C(=O)OC)[C@@H]2N(C)c3ccccc3[C@@]23CCC(=O)N(CC(C)C)C3=N1. The number of hydrogen-bond donors (Lipinski definition) is 0. The van der Waals surface area contributed by atoms with E-state index in [0.717, 1.165) is 11.3 Å². The Balaban J connectivity index is 2.07. The minimum atomic E-state index is -0.741. The number of amides is 1. The first kappa shape index (κ1) is 21.1. The molecule has 1 amide bonds. The van der Waals surface area contributed by atoms with Crippen molar-refractivity contribution in [3.05, 3.63) is 41.1 Å². The summed E-state index contributed by atoms with van der Waals surface area (Å²) in [5.74, 6) is -0.683. The number of methoxy groups -OCH3 is 2. The van der Waals surface area contributed by atoms with Gasteiger partial charge in [0.2, 0.25) is 5.91 Å². The van der Waals surface area contributed by atoms with Gasteiger partial charge in [-0.3, -0.25) is 9.69 Å². The molecule has 4 rings (SSSR count). The van der Waals surface area contributed by atoms with Gasteiger partial charge < -0.3 is 14.4 Å². The minimum absolute atomic E-state index is 0.0328. The van der Waals surface area contributed by atoms with Crippen LogP contribution in [0.2, 0.25) is 0 Å². The second-order valence-corrected chi connectivity index (χ2v) is 8.58. The zero-order valence-corrected chi connectivity index (χ0v) is 18.5. The van der Waals surface area contributed by atoms with Gasteiger partial charge in [0, 0.05) is 25.7 Å². The number of anilines is 1. The summed E-state index contributed by atoms with van der Waals surface area (Å²) in [5.41, 5.74) is 1.25. The summed E-state index contributed by atoms with van der Waals surface area (Å²) in [7, 11) is 4.42. The third-order valence-electron chi connectivity index (χ3n) is 6.39. The number of nitrogens with zero attached hydrogens (tertiary/aromatic N) is 3. The molecule has 3 heterocycles. The number of hydrogen-bond acceptors (Lipinski definition) is 7. The van der Waals surface area contributed by atoms with Crippen molar-refractivity contribution in [1.82, 2.24) is 4.90 Å². The second-order valence-electron chi connectivity index (χ2n) is 8.58. The normalized spacial score (nSPS) is 24.5. The number of rotatable bonds is 4. The van der Waals surface area contributed by atoms with Crippen molar-refractivity contribution in [3.63, 3.8) is 0 Å². The summed E-state index contributed by atoms with van der Waals surface area (Å²) in [6.45, 7) is 4.53. The first-order valence-electron chi connectivity index (χ1n) is 10.4. The van der Waals surface area contributed by atoms with E-state index < -0.39 is 23.4 Å².